The lowest BCUT2D eigenvalue weighted by Crippen LogP contribution is -2.32. The Morgan fingerprint density at radius 1 is 1.03 bits per heavy atom. The van der Waals surface area contributed by atoms with Gasteiger partial charge in [-0.2, -0.15) is 0 Å². The molecule has 0 saturated carbocycles. The SMILES string of the molecule is C=CCN1C(=O)C(Nc2ccc(C)c(C)c2)=C(c2ccc(OC(C)C)cc2)C1=O. The average Bonchev–Trinajstić information content (AvgIpc) is 2.90. The zero-order chi connectivity index (χ0) is 21.1. The predicted octanol–water partition coefficient (Wildman–Crippen LogP) is 4.47. The van der Waals surface area contributed by atoms with Crippen LogP contribution < -0.4 is 10.1 Å². The van der Waals surface area contributed by atoms with Crippen LogP contribution in [-0.2, 0) is 9.59 Å². The van der Waals surface area contributed by atoms with E-state index >= 15 is 0 Å². The second-order valence-electron chi connectivity index (χ2n) is 7.37. The number of ether oxygens (including phenoxy) is 1. The molecule has 29 heavy (non-hydrogen) atoms. The molecule has 0 spiro atoms. The van der Waals surface area contributed by atoms with E-state index in [1.165, 1.54) is 4.90 Å². The minimum atomic E-state index is -0.356. The monoisotopic (exact) mass is 390 g/mol. The van der Waals surface area contributed by atoms with Gasteiger partial charge in [0, 0.05) is 12.2 Å². The first kappa shape index (κ1) is 20.4. The number of amides is 2. The lowest BCUT2D eigenvalue weighted by molar-refractivity contribution is -0.136. The number of imide groups is 1. The summed E-state index contributed by atoms with van der Waals surface area (Å²) in [6.45, 7) is 11.8. The Morgan fingerprint density at radius 2 is 1.72 bits per heavy atom. The van der Waals surface area contributed by atoms with Crippen LogP contribution in [0.15, 0.2) is 60.8 Å². The Hall–Kier alpha value is -3.34. The lowest BCUT2D eigenvalue weighted by atomic mass is 10.0. The Bertz CT molecular complexity index is 988. The summed E-state index contributed by atoms with van der Waals surface area (Å²) in [6.07, 6.45) is 1.60. The van der Waals surface area contributed by atoms with E-state index in [2.05, 4.69) is 11.9 Å². The summed E-state index contributed by atoms with van der Waals surface area (Å²) < 4.78 is 5.68. The van der Waals surface area contributed by atoms with Gasteiger partial charge in [-0.15, -0.1) is 6.58 Å². The van der Waals surface area contributed by atoms with Crippen molar-refractivity contribution in [1.82, 2.24) is 4.90 Å². The molecular formula is C24H26N2O3. The first-order valence-electron chi connectivity index (χ1n) is 9.64. The van der Waals surface area contributed by atoms with E-state index in [1.807, 2.05) is 58.0 Å². The first-order chi connectivity index (χ1) is 13.8. The molecule has 2 aromatic rings. The minimum Gasteiger partial charge on any atom is -0.491 e. The van der Waals surface area contributed by atoms with Gasteiger partial charge >= 0.3 is 0 Å². The van der Waals surface area contributed by atoms with Crippen LogP contribution in [0.4, 0.5) is 5.69 Å². The maximum absolute atomic E-state index is 13.0. The van der Waals surface area contributed by atoms with Gasteiger partial charge in [-0.3, -0.25) is 14.5 Å². The van der Waals surface area contributed by atoms with Crippen molar-refractivity contribution in [2.45, 2.75) is 33.8 Å². The summed E-state index contributed by atoms with van der Waals surface area (Å²) in [7, 11) is 0. The van der Waals surface area contributed by atoms with Crippen LogP contribution in [0, 0.1) is 13.8 Å². The molecule has 0 saturated heterocycles. The minimum absolute atomic E-state index is 0.0554. The number of nitrogens with zero attached hydrogens (tertiary/aromatic N) is 1. The molecule has 150 valence electrons. The van der Waals surface area contributed by atoms with E-state index in [0.29, 0.717) is 16.9 Å². The van der Waals surface area contributed by atoms with Gasteiger partial charge in [-0.05, 0) is 68.7 Å². The van der Waals surface area contributed by atoms with Crippen molar-refractivity contribution in [2.75, 3.05) is 11.9 Å². The van der Waals surface area contributed by atoms with Crippen molar-refractivity contribution in [2.24, 2.45) is 0 Å². The number of carbonyl (C=O) groups excluding carboxylic acids is 2. The maximum atomic E-state index is 13.0. The number of carbonyl (C=O) groups is 2. The van der Waals surface area contributed by atoms with E-state index in [-0.39, 0.29) is 30.2 Å². The molecule has 1 N–H and O–H groups in total. The van der Waals surface area contributed by atoms with Gasteiger partial charge in [0.15, 0.2) is 0 Å². The van der Waals surface area contributed by atoms with Gasteiger partial charge < -0.3 is 10.1 Å². The molecule has 1 aliphatic rings. The van der Waals surface area contributed by atoms with Crippen molar-refractivity contribution in [1.29, 1.82) is 0 Å². The molecule has 0 bridgehead atoms. The van der Waals surface area contributed by atoms with Gasteiger partial charge in [0.1, 0.15) is 11.4 Å². The first-order valence-corrected chi connectivity index (χ1v) is 9.64. The van der Waals surface area contributed by atoms with Crippen molar-refractivity contribution < 1.29 is 14.3 Å². The van der Waals surface area contributed by atoms with Crippen LogP contribution in [-0.4, -0.2) is 29.4 Å². The molecule has 0 aliphatic carbocycles. The van der Waals surface area contributed by atoms with E-state index in [4.69, 9.17) is 4.74 Å². The number of rotatable bonds is 7. The third-order valence-corrected chi connectivity index (χ3v) is 4.77. The maximum Gasteiger partial charge on any atom is 0.278 e. The molecule has 0 unspecified atom stereocenters. The molecule has 2 aromatic carbocycles. The number of hydrogen-bond acceptors (Lipinski definition) is 4. The molecule has 0 radical (unpaired) electrons. The number of nitrogens with one attached hydrogen (secondary N) is 1. The number of hydrogen-bond donors (Lipinski definition) is 1. The highest BCUT2D eigenvalue weighted by Gasteiger charge is 2.38. The molecule has 3 rings (SSSR count). The molecular weight excluding hydrogens is 364 g/mol. The molecule has 1 aliphatic heterocycles. The van der Waals surface area contributed by atoms with Gasteiger partial charge in [-0.1, -0.05) is 24.3 Å². The Labute approximate surface area is 171 Å². The van der Waals surface area contributed by atoms with Gasteiger partial charge in [0.2, 0.25) is 0 Å². The highest BCUT2D eigenvalue weighted by Crippen LogP contribution is 2.31. The number of benzene rings is 2. The topological polar surface area (TPSA) is 58.6 Å². The van der Waals surface area contributed by atoms with E-state index < -0.39 is 0 Å². The van der Waals surface area contributed by atoms with Crippen LogP contribution in [0.25, 0.3) is 5.57 Å². The normalized spacial score (nSPS) is 14.0. The summed E-state index contributed by atoms with van der Waals surface area (Å²) in [5.41, 5.74) is 4.32. The fourth-order valence-corrected chi connectivity index (χ4v) is 3.19. The molecule has 2 amide bonds. The zero-order valence-electron chi connectivity index (χ0n) is 17.3. The van der Waals surface area contributed by atoms with E-state index in [0.717, 1.165) is 16.8 Å². The third-order valence-electron chi connectivity index (χ3n) is 4.77. The zero-order valence-corrected chi connectivity index (χ0v) is 17.3. The van der Waals surface area contributed by atoms with Crippen molar-refractivity contribution in [3.63, 3.8) is 0 Å². The summed E-state index contributed by atoms with van der Waals surface area (Å²) in [4.78, 5) is 27.2. The Morgan fingerprint density at radius 3 is 2.31 bits per heavy atom. The summed E-state index contributed by atoms with van der Waals surface area (Å²) in [5, 5.41) is 3.17. The van der Waals surface area contributed by atoms with Crippen LogP contribution in [0.3, 0.4) is 0 Å². The molecule has 0 fully saturated rings. The van der Waals surface area contributed by atoms with Crippen molar-refractivity contribution in [3.05, 3.63) is 77.5 Å². The number of aryl methyl sites for hydroxylation is 2. The van der Waals surface area contributed by atoms with Crippen LogP contribution in [0.1, 0.15) is 30.5 Å². The number of anilines is 1. The molecule has 5 heteroatoms. The third kappa shape index (κ3) is 4.24. The average molecular weight is 390 g/mol. The predicted molar refractivity (Wildman–Crippen MR) is 116 cm³/mol. The van der Waals surface area contributed by atoms with Crippen molar-refractivity contribution in [3.8, 4) is 5.75 Å². The molecule has 0 atom stereocenters. The van der Waals surface area contributed by atoms with Crippen molar-refractivity contribution >= 4 is 23.1 Å². The van der Waals surface area contributed by atoms with Gasteiger partial charge in [0.25, 0.3) is 11.8 Å². The smallest absolute Gasteiger partial charge is 0.278 e. The summed E-state index contributed by atoms with van der Waals surface area (Å²) >= 11 is 0. The molecule has 1 heterocycles. The van der Waals surface area contributed by atoms with Crippen LogP contribution in [0.2, 0.25) is 0 Å². The molecule has 0 aromatic heterocycles. The Kier molecular flexibility index (Phi) is 5.87. The Balaban J connectivity index is 2.03. The second-order valence-corrected chi connectivity index (χ2v) is 7.37. The van der Waals surface area contributed by atoms with Gasteiger partial charge in [-0.25, -0.2) is 0 Å². The fraction of sp³-hybridized carbons (Fsp3) is 0.250. The highest BCUT2D eigenvalue weighted by molar-refractivity contribution is 6.36. The largest absolute Gasteiger partial charge is 0.491 e. The lowest BCUT2D eigenvalue weighted by Gasteiger charge is -2.13. The van der Waals surface area contributed by atoms with Gasteiger partial charge in [0.05, 0.1) is 11.7 Å². The van der Waals surface area contributed by atoms with E-state index in [1.54, 1.807) is 18.2 Å². The standard InChI is InChI=1S/C24H26N2O3/c1-6-13-26-23(27)21(18-8-11-20(12-9-18)29-15(2)3)22(24(26)28)25-19-10-7-16(4)17(5)14-19/h6-12,14-15,25H,1,13H2,2-5H3. The van der Waals surface area contributed by atoms with Crippen LogP contribution >= 0.6 is 0 Å². The molecule has 5 nitrogen and oxygen atoms in total. The summed E-state index contributed by atoms with van der Waals surface area (Å²) in [6, 6.07) is 13.1. The van der Waals surface area contributed by atoms with Crippen LogP contribution in [0.5, 0.6) is 5.75 Å². The highest BCUT2D eigenvalue weighted by atomic mass is 16.5. The quantitative estimate of drug-likeness (QED) is 0.560. The van der Waals surface area contributed by atoms with E-state index in [9.17, 15) is 9.59 Å². The fourth-order valence-electron chi connectivity index (χ4n) is 3.19. The second kappa shape index (κ2) is 8.35. The summed E-state index contributed by atoms with van der Waals surface area (Å²) in [5.74, 6) is 0.0251.